The predicted octanol–water partition coefficient (Wildman–Crippen LogP) is 6.00. The molecule has 6 nitrogen and oxygen atoms in total. The van der Waals surface area contributed by atoms with Gasteiger partial charge in [0.2, 0.25) is 0 Å². The second-order valence-corrected chi connectivity index (χ2v) is 9.15. The molecule has 0 bridgehead atoms. The average Bonchev–Trinajstić information content (AvgIpc) is 3.25. The van der Waals surface area contributed by atoms with E-state index in [0.717, 1.165) is 47.7 Å². The van der Waals surface area contributed by atoms with E-state index in [1.165, 1.54) is 5.56 Å². The monoisotopic (exact) mass is 485 g/mol. The zero-order valence-corrected chi connectivity index (χ0v) is 21.4. The predicted molar refractivity (Wildman–Crippen MR) is 144 cm³/mol. The summed E-state index contributed by atoms with van der Waals surface area (Å²) in [5.74, 6) is 3.03. The Morgan fingerprint density at radius 2 is 1.72 bits per heavy atom. The highest BCUT2D eigenvalue weighted by molar-refractivity contribution is 5.94. The van der Waals surface area contributed by atoms with E-state index in [4.69, 9.17) is 14.5 Å². The van der Waals surface area contributed by atoms with Crippen LogP contribution in [0.15, 0.2) is 72.8 Å². The highest BCUT2D eigenvalue weighted by atomic mass is 16.5. The van der Waals surface area contributed by atoms with Gasteiger partial charge >= 0.3 is 0 Å². The van der Waals surface area contributed by atoms with Crippen molar-refractivity contribution in [3.8, 4) is 11.5 Å². The molecule has 6 heteroatoms. The van der Waals surface area contributed by atoms with Crippen LogP contribution in [0.3, 0.4) is 0 Å². The van der Waals surface area contributed by atoms with Crippen molar-refractivity contribution in [1.82, 2.24) is 14.9 Å². The number of imidazole rings is 1. The quantitative estimate of drug-likeness (QED) is 0.250. The number of carbonyl (C=O) groups is 1. The first-order valence-corrected chi connectivity index (χ1v) is 12.6. The van der Waals surface area contributed by atoms with Gasteiger partial charge in [-0.1, -0.05) is 44.2 Å². The molecule has 0 unspecified atom stereocenters. The van der Waals surface area contributed by atoms with Gasteiger partial charge in [0, 0.05) is 25.1 Å². The van der Waals surface area contributed by atoms with Gasteiger partial charge < -0.3 is 19.4 Å². The van der Waals surface area contributed by atoms with Crippen LogP contribution in [0.1, 0.15) is 54.4 Å². The Bertz CT molecular complexity index is 1280. The summed E-state index contributed by atoms with van der Waals surface area (Å²) in [5, 5.41) is 3.01. The maximum atomic E-state index is 12.5. The first-order valence-electron chi connectivity index (χ1n) is 12.6. The molecular weight excluding hydrogens is 450 g/mol. The lowest BCUT2D eigenvalue weighted by molar-refractivity contribution is 0.0954. The number of ether oxygens (including phenoxy) is 2. The molecule has 0 aliphatic rings. The third kappa shape index (κ3) is 6.25. The van der Waals surface area contributed by atoms with E-state index in [1.54, 1.807) is 31.4 Å². The molecule has 1 heterocycles. The van der Waals surface area contributed by atoms with Crippen LogP contribution in [0.25, 0.3) is 11.0 Å². The topological polar surface area (TPSA) is 65.4 Å². The fourth-order valence-electron chi connectivity index (χ4n) is 4.34. The number of hydrogen-bond donors (Lipinski definition) is 1. The summed E-state index contributed by atoms with van der Waals surface area (Å²) in [4.78, 5) is 17.4. The van der Waals surface area contributed by atoms with E-state index in [-0.39, 0.29) is 5.91 Å². The number of methoxy groups -OCH3 is 1. The lowest BCUT2D eigenvalue weighted by atomic mass is 10.0. The van der Waals surface area contributed by atoms with Gasteiger partial charge in [-0.2, -0.15) is 0 Å². The second kappa shape index (κ2) is 12.2. The first kappa shape index (κ1) is 25.3. The molecule has 3 aromatic carbocycles. The number of benzene rings is 3. The molecule has 0 saturated carbocycles. The van der Waals surface area contributed by atoms with Crippen LogP contribution in [0.4, 0.5) is 0 Å². The summed E-state index contributed by atoms with van der Waals surface area (Å²) in [5.41, 5.74) is 3.97. The molecule has 1 amide bonds. The number of hydrogen-bond acceptors (Lipinski definition) is 4. The maximum absolute atomic E-state index is 12.5. The van der Waals surface area contributed by atoms with E-state index in [2.05, 4.69) is 48.0 Å². The highest BCUT2D eigenvalue weighted by Gasteiger charge is 2.12. The Morgan fingerprint density at radius 1 is 0.972 bits per heavy atom. The van der Waals surface area contributed by atoms with Gasteiger partial charge in [0.1, 0.15) is 17.3 Å². The number of fused-ring (bicyclic) bond motifs is 1. The smallest absolute Gasteiger partial charge is 0.251 e. The van der Waals surface area contributed by atoms with Crippen LogP contribution in [0.5, 0.6) is 11.5 Å². The van der Waals surface area contributed by atoms with Gasteiger partial charge in [-0.05, 0) is 66.8 Å². The maximum Gasteiger partial charge on any atom is 0.251 e. The summed E-state index contributed by atoms with van der Waals surface area (Å²) >= 11 is 0. The Balaban J connectivity index is 1.33. The normalized spacial score (nSPS) is 11.1. The summed E-state index contributed by atoms with van der Waals surface area (Å²) < 4.78 is 13.5. The van der Waals surface area contributed by atoms with Crippen LogP contribution in [0, 0.1) is 0 Å². The molecule has 1 aromatic heterocycles. The minimum Gasteiger partial charge on any atom is -0.497 e. The fourth-order valence-corrected chi connectivity index (χ4v) is 4.34. The Kier molecular flexibility index (Phi) is 8.61. The van der Waals surface area contributed by atoms with Crippen LogP contribution in [-0.2, 0) is 13.0 Å². The average molecular weight is 486 g/mol. The molecule has 4 rings (SSSR count). The zero-order chi connectivity index (χ0) is 25.3. The lowest BCUT2D eigenvalue weighted by Crippen LogP contribution is -2.26. The molecule has 0 aliphatic carbocycles. The van der Waals surface area contributed by atoms with Crippen LogP contribution < -0.4 is 14.8 Å². The van der Waals surface area contributed by atoms with Crippen LogP contribution in [0.2, 0.25) is 0 Å². The molecule has 4 aromatic rings. The summed E-state index contributed by atoms with van der Waals surface area (Å²) in [6.07, 6.45) is 2.59. The number of para-hydroxylation sites is 3. The number of nitrogens with one attached hydrogen (secondary N) is 1. The number of amides is 1. The number of nitrogens with zero attached hydrogens (tertiary/aromatic N) is 2. The summed E-state index contributed by atoms with van der Waals surface area (Å²) in [6.45, 7) is 6.44. The minimum absolute atomic E-state index is 0.0980. The molecule has 0 atom stereocenters. The fraction of sp³-hybridized carbons (Fsp3) is 0.333. The number of aromatic nitrogens is 2. The van der Waals surface area contributed by atoms with Crippen molar-refractivity contribution >= 4 is 16.9 Å². The molecule has 188 valence electrons. The third-order valence-electron chi connectivity index (χ3n) is 6.29. The van der Waals surface area contributed by atoms with E-state index < -0.39 is 0 Å². The number of carbonyl (C=O) groups excluding carboxylic acids is 1. The molecule has 0 spiro atoms. The standard InChI is InChI=1S/C30H35N3O3/c1-22(2)25-10-4-7-13-28(25)36-21-9-8-20-33-27-12-6-5-11-26(27)32-29(33)18-19-31-30(34)23-14-16-24(35-3)17-15-23/h4-7,10-17,22H,8-9,18-21H2,1-3H3,(H,31,34). The molecule has 0 radical (unpaired) electrons. The molecule has 0 fully saturated rings. The SMILES string of the molecule is COc1ccc(C(=O)NCCc2nc3ccccc3n2CCCCOc2ccccc2C(C)C)cc1. The number of rotatable bonds is 12. The van der Waals surface area contributed by atoms with Crippen molar-refractivity contribution in [2.24, 2.45) is 0 Å². The Labute approximate surface area is 213 Å². The van der Waals surface area contributed by atoms with Crippen molar-refractivity contribution in [2.75, 3.05) is 20.3 Å². The lowest BCUT2D eigenvalue weighted by Gasteiger charge is -2.14. The van der Waals surface area contributed by atoms with Crippen LogP contribution in [-0.4, -0.2) is 35.7 Å². The van der Waals surface area contributed by atoms with Gasteiger partial charge in [-0.15, -0.1) is 0 Å². The number of unbranched alkanes of at least 4 members (excludes halogenated alkanes) is 1. The second-order valence-electron chi connectivity index (χ2n) is 9.15. The highest BCUT2D eigenvalue weighted by Crippen LogP contribution is 2.26. The van der Waals surface area contributed by atoms with Crippen molar-refractivity contribution in [3.63, 3.8) is 0 Å². The van der Waals surface area contributed by atoms with Crippen molar-refractivity contribution < 1.29 is 14.3 Å². The molecule has 0 saturated heterocycles. The summed E-state index contributed by atoms with van der Waals surface area (Å²) in [6, 6.07) is 23.6. The Morgan fingerprint density at radius 3 is 2.50 bits per heavy atom. The van der Waals surface area contributed by atoms with Crippen molar-refractivity contribution in [1.29, 1.82) is 0 Å². The van der Waals surface area contributed by atoms with E-state index >= 15 is 0 Å². The first-order chi connectivity index (χ1) is 17.6. The largest absolute Gasteiger partial charge is 0.497 e. The molecule has 1 N–H and O–H groups in total. The van der Waals surface area contributed by atoms with Gasteiger partial charge in [0.05, 0.1) is 24.8 Å². The molecule has 36 heavy (non-hydrogen) atoms. The zero-order valence-electron chi connectivity index (χ0n) is 21.4. The molecular formula is C30H35N3O3. The van der Waals surface area contributed by atoms with Gasteiger partial charge in [0.15, 0.2) is 0 Å². The Hall–Kier alpha value is -3.80. The van der Waals surface area contributed by atoms with Gasteiger partial charge in [-0.25, -0.2) is 4.98 Å². The van der Waals surface area contributed by atoms with E-state index in [1.807, 2.05) is 24.3 Å². The van der Waals surface area contributed by atoms with Gasteiger partial charge in [0.25, 0.3) is 5.91 Å². The number of aryl methyl sites for hydroxylation is 1. The van der Waals surface area contributed by atoms with Crippen molar-refractivity contribution in [3.05, 3.63) is 89.7 Å². The van der Waals surface area contributed by atoms with Crippen LogP contribution >= 0.6 is 0 Å². The minimum atomic E-state index is -0.0980. The summed E-state index contributed by atoms with van der Waals surface area (Å²) in [7, 11) is 1.61. The molecule has 0 aliphatic heterocycles. The third-order valence-corrected chi connectivity index (χ3v) is 6.29. The van der Waals surface area contributed by atoms with E-state index in [0.29, 0.717) is 31.1 Å². The van der Waals surface area contributed by atoms with Gasteiger partial charge in [-0.3, -0.25) is 4.79 Å². The van der Waals surface area contributed by atoms with Crippen molar-refractivity contribution in [2.45, 2.75) is 45.6 Å². The van der Waals surface area contributed by atoms with E-state index in [9.17, 15) is 4.79 Å².